The molecule has 3 heterocycles. The van der Waals surface area contributed by atoms with E-state index in [9.17, 15) is 9.59 Å². The fourth-order valence-corrected chi connectivity index (χ4v) is 7.35. The van der Waals surface area contributed by atoms with Gasteiger partial charge < -0.3 is 9.64 Å². The molecule has 0 aromatic heterocycles. The Balaban J connectivity index is 1.47. The molecule has 35 heavy (non-hydrogen) atoms. The zero-order valence-corrected chi connectivity index (χ0v) is 21.2. The Morgan fingerprint density at radius 3 is 2.34 bits per heavy atom. The molecular weight excluding hydrogens is 456 g/mol. The zero-order chi connectivity index (χ0) is 24.5. The molecule has 2 amide bonds. The van der Waals surface area contributed by atoms with Crippen LogP contribution in [-0.4, -0.2) is 23.1 Å². The van der Waals surface area contributed by atoms with Crippen LogP contribution in [0.4, 0.5) is 11.4 Å². The Morgan fingerprint density at radius 2 is 1.63 bits per heavy atom. The van der Waals surface area contributed by atoms with E-state index in [-0.39, 0.29) is 23.1 Å². The van der Waals surface area contributed by atoms with E-state index in [0.29, 0.717) is 17.4 Å². The van der Waals surface area contributed by atoms with Gasteiger partial charge in [-0.3, -0.25) is 14.5 Å². The van der Waals surface area contributed by atoms with Gasteiger partial charge in [0.05, 0.1) is 11.4 Å². The third-order valence-electron chi connectivity index (χ3n) is 7.35. The van der Waals surface area contributed by atoms with Gasteiger partial charge in [0, 0.05) is 16.8 Å². The van der Waals surface area contributed by atoms with Crippen molar-refractivity contribution < 1.29 is 14.3 Å². The summed E-state index contributed by atoms with van der Waals surface area (Å²) in [5, 5.41) is 0. The van der Waals surface area contributed by atoms with Crippen LogP contribution in [0.1, 0.15) is 49.8 Å². The minimum atomic E-state index is -1.09. The lowest BCUT2D eigenvalue weighted by Gasteiger charge is -2.44. The van der Waals surface area contributed by atoms with Crippen LogP contribution < -0.4 is 14.5 Å². The molecule has 1 fully saturated rings. The van der Waals surface area contributed by atoms with Crippen molar-refractivity contribution in [3.63, 3.8) is 0 Å². The smallest absolute Gasteiger partial charge is 0.269 e. The van der Waals surface area contributed by atoms with Crippen LogP contribution in [0.5, 0.6) is 11.5 Å². The highest BCUT2D eigenvalue weighted by Gasteiger charge is 2.64. The lowest BCUT2D eigenvalue weighted by Crippen LogP contribution is -2.56. The number of hydrogen-bond donors (Lipinski definition) is 0. The highest BCUT2D eigenvalue weighted by molar-refractivity contribution is 8.02. The fourth-order valence-electron chi connectivity index (χ4n) is 6.03. The van der Waals surface area contributed by atoms with E-state index in [1.54, 1.807) is 4.90 Å². The molecule has 6 rings (SSSR count). The molecule has 0 saturated carbocycles. The van der Waals surface area contributed by atoms with Crippen LogP contribution in [0.25, 0.3) is 0 Å². The number of thioether (sulfide) groups is 1. The van der Waals surface area contributed by atoms with Crippen LogP contribution >= 0.6 is 11.8 Å². The SMILES string of the molecule is Cc1cc2c3c(c1)C1(SCC(=O)N1c1ccc(Oc4ccccc4)cc1)C(=O)N3C(C)(C)CC2C. The lowest BCUT2D eigenvalue weighted by molar-refractivity contribution is -0.124. The summed E-state index contributed by atoms with van der Waals surface area (Å²) in [6.45, 7) is 8.58. The number of carbonyl (C=O) groups excluding carboxylic acids is 2. The van der Waals surface area contributed by atoms with E-state index in [4.69, 9.17) is 4.74 Å². The van der Waals surface area contributed by atoms with Crippen molar-refractivity contribution in [1.82, 2.24) is 0 Å². The maximum absolute atomic E-state index is 14.4. The van der Waals surface area contributed by atoms with Crippen molar-refractivity contribution >= 4 is 35.0 Å². The van der Waals surface area contributed by atoms with Crippen LogP contribution in [0.2, 0.25) is 0 Å². The summed E-state index contributed by atoms with van der Waals surface area (Å²) in [6.07, 6.45) is 0.884. The second kappa shape index (κ2) is 7.62. The molecule has 3 aromatic rings. The molecule has 1 spiro atoms. The number of benzene rings is 3. The number of anilines is 2. The number of hydrogen-bond acceptors (Lipinski definition) is 4. The van der Waals surface area contributed by atoms with E-state index in [0.717, 1.165) is 29.0 Å². The summed E-state index contributed by atoms with van der Waals surface area (Å²) in [7, 11) is 0. The summed E-state index contributed by atoms with van der Waals surface area (Å²) in [6, 6.07) is 21.4. The normalized spacial score (nSPS) is 24.3. The zero-order valence-electron chi connectivity index (χ0n) is 20.4. The first-order chi connectivity index (χ1) is 16.7. The van der Waals surface area contributed by atoms with Crippen LogP contribution in [0, 0.1) is 6.92 Å². The Labute approximate surface area is 210 Å². The number of rotatable bonds is 3. The minimum Gasteiger partial charge on any atom is -0.457 e. The van der Waals surface area contributed by atoms with Gasteiger partial charge in [-0.1, -0.05) is 42.8 Å². The summed E-state index contributed by atoms with van der Waals surface area (Å²) in [5.41, 5.74) is 4.64. The molecule has 2 atom stereocenters. The molecule has 1 saturated heterocycles. The van der Waals surface area contributed by atoms with Crippen molar-refractivity contribution in [3.05, 3.63) is 83.4 Å². The van der Waals surface area contributed by atoms with E-state index >= 15 is 0 Å². The second-order valence-corrected chi connectivity index (χ2v) is 11.5. The van der Waals surface area contributed by atoms with Crippen molar-refractivity contribution in [2.75, 3.05) is 15.6 Å². The number of aryl methyl sites for hydroxylation is 1. The Bertz CT molecular complexity index is 1350. The number of nitrogens with zero attached hydrogens (tertiary/aromatic N) is 2. The summed E-state index contributed by atoms with van der Waals surface area (Å²) in [4.78, 5) is 30.3. The average molecular weight is 485 g/mol. The monoisotopic (exact) mass is 484 g/mol. The Morgan fingerprint density at radius 1 is 0.943 bits per heavy atom. The fraction of sp³-hybridized carbons (Fsp3) is 0.310. The molecule has 3 aliphatic rings. The van der Waals surface area contributed by atoms with Gasteiger partial charge in [0.25, 0.3) is 5.91 Å². The maximum Gasteiger partial charge on any atom is 0.269 e. The van der Waals surface area contributed by atoms with Crippen LogP contribution in [0.3, 0.4) is 0 Å². The molecule has 0 aliphatic carbocycles. The Hall–Kier alpha value is -3.25. The Kier molecular flexibility index (Phi) is 4.84. The molecular formula is C29H28N2O3S. The maximum atomic E-state index is 14.4. The molecule has 2 unspecified atom stereocenters. The van der Waals surface area contributed by atoms with Gasteiger partial charge in [0.15, 0.2) is 0 Å². The first-order valence-corrected chi connectivity index (χ1v) is 13.0. The quantitative estimate of drug-likeness (QED) is 0.435. The number of amides is 2. The number of ether oxygens (including phenoxy) is 1. The van der Waals surface area contributed by atoms with Gasteiger partial charge in [-0.15, -0.1) is 11.8 Å². The van der Waals surface area contributed by atoms with E-state index in [2.05, 4.69) is 39.8 Å². The summed E-state index contributed by atoms with van der Waals surface area (Å²) >= 11 is 1.44. The molecule has 3 aromatic carbocycles. The van der Waals surface area contributed by atoms with Crippen molar-refractivity contribution in [3.8, 4) is 11.5 Å². The molecule has 0 bridgehead atoms. The van der Waals surface area contributed by atoms with Gasteiger partial charge in [0.1, 0.15) is 11.5 Å². The van der Waals surface area contributed by atoms with Crippen molar-refractivity contribution in [2.45, 2.75) is 50.4 Å². The van der Waals surface area contributed by atoms with Crippen LogP contribution in [0.15, 0.2) is 66.7 Å². The average Bonchev–Trinajstić information content (AvgIpc) is 3.29. The third kappa shape index (κ3) is 3.16. The number of carbonyl (C=O) groups is 2. The third-order valence-corrected chi connectivity index (χ3v) is 8.74. The van der Waals surface area contributed by atoms with Gasteiger partial charge >= 0.3 is 0 Å². The number of fused-ring (bicyclic) bond motifs is 1. The molecule has 0 N–H and O–H groups in total. The molecule has 3 aliphatic heterocycles. The highest BCUT2D eigenvalue weighted by atomic mass is 32.2. The largest absolute Gasteiger partial charge is 0.457 e. The first-order valence-electron chi connectivity index (χ1n) is 12.0. The van der Waals surface area contributed by atoms with Crippen molar-refractivity contribution in [1.29, 1.82) is 0 Å². The predicted octanol–water partition coefficient (Wildman–Crippen LogP) is 6.35. The molecule has 0 radical (unpaired) electrons. The highest BCUT2D eigenvalue weighted by Crippen LogP contribution is 2.61. The molecule has 178 valence electrons. The summed E-state index contributed by atoms with van der Waals surface area (Å²) < 4.78 is 5.95. The van der Waals surface area contributed by atoms with Gasteiger partial charge in [-0.05, 0) is 75.1 Å². The van der Waals surface area contributed by atoms with E-state index in [1.165, 1.54) is 17.3 Å². The van der Waals surface area contributed by atoms with E-state index in [1.807, 2.05) is 59.5 Å². The molecule has 6 heteroatoms. The predicted molar refractivity (Wildman–Crippen MR) is 140 cm³/mol. The lowest BCUT2D eigenvalue weighted by atomic mass is 9.80. The number of para-hydroxylation sites is 1. The van der Waals surface area contributed by atoms with Gasteiger partial charge in [0.2, 0.25) is 10.8 Å². The second-order valence-electron chi connectivity index (χ2n) is 10.4. The standard InChI is InChI=1S/C29H28N2O3S/c1-18-14-23-19(2)16-28(3,4)31-26(23)24(15-18)29(27(31)33)30(25(32)17-35-29)20-10-12-22(13-11-20)34-21-8-6-5-7-9-21/h5-15,19H,16-17H2,1-4H3. The van der Waals surface area contributed by atoms with Crippen molar-refractivity contribution in [2.24, 2.45) is 0 Å². The molecule has 5 nitrogen and oxygen atoms in total. The topological polar surface area (TPSA) is 49.9 Å². The van der Waals surface area contributed by atoms with Crippen LogP contribution in [-0.2, 0) is 14.5 Å². The van der Waals surface area contributed by atoms with E-state index < -0.39 is 4.87 Å². The van der Waals surface area contributed by atoms with Gasteiger partial charge in [-0.2, -0.15) is 0 Å². The summed E-state index contributed by atoms with van der Waals surface area (Å²) in [5.74, 6) is 1.96. The van der Waals surface area contributed by atoms with Gasteiger partial charge in [-0.25, -0.2) is 0 Å². The first kappa shape index (κ1) is 22.2. The minimum absolute atomic E-state index is 0.0169.